The molecule has 1 aromatic rings. The lowest BCUT2D eigenvalue weighted by Gasteiger charge is -2.12. The van der Waals surface area contributed by atoms with Crippen LogP contribution in [0.4, 0.5) is 13.2 Å². The number of hydrogen-bond donors (Lipinski definition) is 3. The molecule has 0 aliphatic heterocycles. The molecule has 1 atom stereocenters. The smallest absolute Gasteiger partial charge is 0.351 e. The number of amides is 1. The van der Waals surface area contributed by atoms with Gasteiger partial charge in [0.1, 0.15) is 0 Å². The normalized spacial score (nSPS) is 13.0. The topological polar surface area (TPSA) is 55.1 Å². The zero-order chi connectivity index (χ0) is 16.6. The van der Waals surface area contributed by atoms with Crippen LogP contribution < -0.4 is 11.1 Å². The van der Waals surface area contributed by atoms with Gasteiger partial charge in [-0.1, -0.05) is 25.0 Å². The first-order valence-electron chi connectivity index (χ1n) is 7.15. The molecule has 0 heterocycles. The van der Waals surface area contributed by atoms with Crippen molar-refractivity contribution in [3.63, 3.8) is 0 Å². The highest BCUT2D eigenvalue weighted by Crippen LogP contribution is 2.29. The fourth-order valence-electron chi connectivity index (χ4n) is 1.92. The molecule has 0 saturated heterocycles. The highest BCUT2D eigenvalue weighted by molar-refractivity contribution is 7.80. The van der Waals surface area contributed by atoms with Crippen LogP contribution >= 0.6 is 12.6 Å². The second kappa shape index (κ2) is 9.05. The summed E-state index contributed by atoms with van der Waals surface area (Å²) >= 11 is 4.10. The highest BCUT2D eigenvalue weighted by atomic mass is 32.1. The van der Waals surface area contributed by atoms with E-state index in [2.05, 4.69) is 17.9 Å². The van der Waals surface area contributed by atoms with Crippen molar-refractivity contribution in [2.75, 3.05) is 5.75 Å². The molecule has 3 nitrogen and oxygen atoms in total. The van der Waals surface area contributed by atoms with E-state index in [1.165, 1.54) is 12.1 Å². The first-order valence-corrected chi connectivity index (χ1v) is 7.78. The predicted molar refractivity (Wildman–Crippen MR) is 83.6 cm³/mol. The quantitative estimate of drug-likeness (QED) is 0.505. The third-order valence-electron chi connectivity index (χ3n) is 3.26. The number of benzene rings is 1. The summed E-state index contributed by atoms with van der Waals surface area (Å²) in [7, 11) is 0. The summed E-state index contributed by atoms with van der Waals surface area (Å²) in [5, 5.41) is 2.64. The number of carbonyl (C=O) groups excluding carboxylic acids is 1. The number of rotatable bonds is 8. The Morgan fingerprint density at radius 3 is 2.36 bits per heavy atom. The standard InChI is InChI=1S/C15H21F3N2OS/c16-15(17,18)12-7-5-11(6-8-12)10-20-14(21)13(19)4-2-1-3-9-22/h5-8,13,22H,1-4,9-10,19H2,(H,20,21)/t13-/m0/s1. The summed E-state index contributed by atoms with van der Waals surface area (Å²) < 4.78 is 37.3. The van der Waals surface area contributed by atoms with Gasteiger partial charge in [-0.2, -0.15) is 25.8 Å². The van der Waals surface area contributed by atoms with Crippen molar-refractivity contribution in [1.82, 2.24) is 5.32 Å². The van der Waals surface area contributed by atoms with Crippen LogP contribution in [-0.2, 0) is 17.5 Å². The van der Waals surface area contributed by atoms with Crippen molar-refractivity contribution in [3.05, 3.63) is 35.4 Å². The molecule has 3 N–H and O–H groups in total. The molecular formula is C15H21F3N2OS. The zero-order valence-corrected chi connectivity index (χ0v) is 13.1. The molecule has 1 aromatic carbocycles. The maximum atomic E-state index is 12.4. The van der Waals surface area contributed by atoms with Gasteiger partial charge in [0.2, 0.25) is 5.91 Å². The van der Waals surface area contributed by atoms with Crippen LogP contribution in [0.3, 0.4) is 0 Å². The minimum atomic E-state index is -4.35. The molecule has 0 aliphatic rings. The summed E-state index contributed by atoms with van der Waals surface area (Å²) in [6, 6.07) is 4.11. The Labute approximate surface area is 133 Å². The number of thiol groups is 1. The van der Waals surface area contributed by atoms with E-state index in [0.29, 0.717) is 12.0 Å². The fourth-order valence-corrected chi connectivity index (χ4v) is 2.14. The maximum absolute atomic E-state index is 12.4. The number of alkyl halides is 3. The Kier molecular flexibility index (Phi) is 7.75. The Bertz CT molecular complexity index is 463. The summed E-state index contributed by atoms with van der Waals surface area (Å²) in [4.78, 5) is 11.8. The predicted octanol–water partition coefficient (Wildman–Crippen LogP) is 3.14. The minimum Gasteiger partial charge on any atom is -0.351 e. The van der Waals surface area contributed by atoms with Crippen LogP contribution in [0.15, 0.2) is 24.3 Å². The van der Waals surface area contributed by atoms with E-state index < -0.39 is 17.8 Å². The van der Waals surface area contributed by atoms with Crippen molar-refractivity contribution < 1.29 is 18.0 Å². The van der Waals surface area contributed by atoms with E-state index in [4.69, 9.17) is 5.73 Å². The Balaban J connectivity index is 2.37. The van der Waals surface area contributed by atoms with Gasteiger partial charge in [-0.05, 0) is 36.3 Å². The van der Waals surface area contributed by atoms with Gasteiger partial charge in [0.15, 0.2) is 0 Å². The lowest BCUT2D eigenvalue weighted by Crippen LogP contribution is -2.40. The molecule has 0 saturated carbocycles. The van der Waals surface area contributed by atoms with Crippen molar-refractivity contribution in [3.8, 4) is 0 Å². The molecule has 22 heavy (non-hydrogen) atoms. The van der Waals surface area contributed by atoms with Gasteiger partial charge in [0.25, 0.3) is 0 Å². The molecule has 1 rings (SSSR count). The molecule has 7 heteroatoms. The molecule has 0 aliphatic carbocycles. The first kappa shape index (κ1) is 18.8. The van der Waals surface area contributed by atoms with Crippen molar-refractivity contribution in [2.24, 2.45) is 5.73 Å². The minimum absolute atomic E-state index is 0.168. The molecule has 0 aromatic heterocycles. The van der Waals surface area contributed by atoms with Crippen molar-refractivity contribution in [1.29, 1.82) is 0 Å². The Morgan fingerprint density at radius 1 is 1.18 bits per heavy atom. The van der Waals surface area contributed by atoms with E-state index in [1.807, 2.05) is 0 Å². The van der Waals surface area contributed by atoms with E-state index in [-0.39, 0.29) is 12.5 Å². The van der Waals surface area contributed by atoms with Crippen LogP contribution in [0.1, 0.15) is 36.8 Å². The molecule has 0 unspecified atom stereocenters. The Hall–Kier alpha value is -1.21. The van der Waals surface area contributed by atoms with Crippen LogP contribution in [-0.4, -0.2) is 17.7 Å². The largest absolute Gasteiger partial charge is 0.416 e. The number of hydrogen-bond acceptors (Lipinski definition) is 3. The van der Waals surface area contributed by atoms with Crippen LogP contribution in [0, 0.1) is 0 Å². The van der Waals surface area contributed by atoms with Crippen molar-refractivity contribution in [2.45, 2.75) is 44.4 Å². The average Bonchev–Trinajstić information content (AvgIpc) is 2.48. The summed E-state index contributed by atoms with van der Waals surface area (Å²) in [6.07, 6.45) is -0.939. The maximum Gasteiger partial charge on any atom is 0.416 e. The lowest BCUT2D eigenvalue weighted by molar-refractivity contribution is -0.137. The van der Waals surface area contributed by atoms with Gasteiger partial charge in [-0.3, -0.25) is 4.79 Å². The third-order valence-corrected chi connectivity index (χ3v) is 3.57. The van der Waals surface area contributed by atoms with Crippen LogP contribution in [0.2, 0.25) is 0 Å². The van der Waals surface area contributed by atoms with E-state index in [0.717, 1.165) is 37.1 Å². The van der Waals surface area contributed by atoms with Crippen molar-refractivity contribution >= 4 is 18.5 Å². The monoisotopic (exact) mass is 334 g/mol. The molecule has 0 radical (unpaired) electrons. The van der Waals surface area contributed by atoms with Crippen LogP contribution in [0.5, 0.6) is 0 Å². The number of halogens is 3. The highest BCUT2D eigenvalue weighted by Gasteiger charge is 2.29. The number of carbonyl (C=O) groups is 1. The van der Waals surface area contributed by atoms with Gasteiger partial charge in [0.05, 0.1) is 11.6 Å². The zero-order valence-electron chi connectivity index (χ0n) is 12.2. The summed E-state index contributed by atoms with van der Waals surface area (Å²) in [5.74, 6) is 0.529. The molecule has 0 spiro atoms. The van der Waals surface area contributed by atoms with E-state index in [9.17, 15) is 18.0 Å². The SMILES string of the molecule is N[C@@H](CCCCCS)C(=O)NCc1ccc(C(F)(F)F)cc1. The molecular weight excluding hydrogens is 313 g/mol. The first-order chi connectivity index (χ1) is 10.3. The Morgan fingerprint density at radius 2 is 1.82 bits per heavy atom. The molecule has 1 amide bonds. The fraction of sp³-hybridized carbons (Fsp3) is 0.533. The number of nitrogens with one attached hydrogen (secondary N) is 1. The van der Waals surface area contributed by atoms with Gasteiger partial charge < -0.3 is 11.1 Å². The van der Waals surface area contributed by atoms with Gasteiger partial charge in [0, 0.05) is 6.54 Å². The summed E-state index contributed by atoms with van der Waals surface area (Å²) in [6.45, 7) is 0.168. The van der Waals surface area contributed by atoms with Gasteiger partial charge in [-0.25, -0.2) is 0 Å². The average molecular weight is 334 g/mol. The lowest BCUT2D eigenvalue weighted by atomic mass is 10.1. The second-order valence-electron chi connectivity index (χ2n) is 5.09. The number of unbranched alkanes of at least 4 members (excludes halogenated alkanes) is 2. The third kappa shape index (κ3) is 6.70. The number of nitrogens with two attached hydrogens (primary N) is 1. The van der Waals surface area contributed by atoms with E-state index in [1.54, 1.807) is 0 Å². The molecule has 0 fully saturated rings. The van der Waals surface area contributed by atoms with Crippen LogP contribution in [0.25, 0.3) is 0 Å². The second-order valence-corrected chi connectivity index (χ2v) is 5.54. The van der Waals surface area contributed by atoms with E-state index >= 15 is 0 Å². The van der Waals surface area contributed by atoms with Gasteiger partial charge in [-0.15, -0.1) is 0 Å². The summed E-state index contributed by atoms with van der Waals surface area (Å²) in [5.41, 5.74) is 5.66. The van der Waals surface area contributed by atoms with Gasteiger partial charge >= 0.3 is 6.18 Å². The molecule has 124 valence electrons. The molecule has 0 bridgehead atoms.